The number of ether oxygens (including phenoxy) is 1. The van der Waals surface area contributed by atoms with Gasteiger partial charge in [0.25, 0.3) is 5.92 Å². The van der Waals surface area contributed by atoms with Gasteiger partial charge in [-0.15, -0.1) is 11.3 Å². The minimum Gasteiger partial charge on any atom is -0.492 e. The Morgan fingerprint density at radius 3 is 2.80 bits per heavy atom. The Labute approximate surface area is 124 Å². The summed E-state index contributed by atoms with van der Waals surface area (Å²) in [7, 11) is 0. The number of hydrogen-bond acceptors (Lipinski definition) is 3. The van der Waals surface area contributed by atoms with Crippen molar-refractivity contribution >= 4 is 33.2 Å². The molecule has 2 aromatic rings. The SMILES string of the molecule is CC(F)(F)c1nc2ccc(OCC3CCC3)c(Cl)c2s1. The summed E-state index contributed by atoms with van der Waals surface area (Å²) in [6.45, 7) is 1.48. The lowest BCUT2D eigenvalue weighted by Crippen LogP contribution is -2.19. The standard InChI is InChI=1S/C14H14ClF2NOS/c1-14(16,17)13-18-9-5-6-10(11(15)12(9)20-13)19-7-8-3-2-4-8/h5-6,8H,2-4,7H2,1H3. The maximum absolute atomic E-state index is 13.3. The molecule has 1 fully saturated rings. The van der Waals surface area contributed by atoms with Crippen molar-refractivity contribution in [1.29, 1.82) is 0 Å². The Kier molecular flexibility index (Phi) is 3.58. The number of thiazole rings is 1. The Morgan fingerprint density at radius 2 is 2.20 bits per heavy atom. The molecule has 0 atom stereocenters. The molecule has 0 amide bonds. The number of fused-ring (bicyclic) bond motifs is 1. The number of halogens is 3. The van der Waals surface area contributed by atoms with E-state index in [4.69, 9.17) is 16.3 Å². The molecule has 0 unspecified atom stereocenters. The lowest BCUT2D eigenvalue weighted by molar-refractivity contribution is 0.0174. The summed E-state index contributed by atoms with van der Waals surface area (Å²) in [5.74, 6) is -1.79. The van der Waals surface area contributed by atoms with Crippen molar-refractivity contribution in [3.63, 3.8) is 0 Å². The monoisotopic (exact) mass is 317 g/mol. The van der Waals surface area contributed by atoms with Crippen LogP contribution in [-0.4, -0.2) is 11.6 Å². The van der Waals surface area contributed by atoms with Crippen molar-refractivity contribution in [1.82, 2.24) is 4.98 Å². The number of nitrogens with zero attached hydrogens (tertiary/aromatic N) is 1. The van der Waals surface area contributed by atoms with Gasteiger partial charge in [-0.3, -0.25) is 0 Å². The van der Waals surface area contributed by atoms with Gasteiger partial charge in [0, 0.05) is 6.92 Å². The molecule has 1 heterocycles. The van der Waals surface area contributed by atoms with Crippen LogP contribution in [-0.2, 0) is 5.92 Å². The lowest BCUT2D eigenvalue weighted by atomic mass is 9.86. The number of hydrogen-bond donors (Lipinski definition) is 0. The van der Waals surface area contributed by atoms with Crippen molar-refractivity contribution in [2.24, 2.45) is 5.92 Å². The van der Waals surface area contributed by atoms with E-state index in [0.29, 0.717) is 33.5 Å². The van der Waals surface area contributed by atoms with Gasteiger partial charge in [0.05, 0.1) is 16.8 Å². The van der Waals surface area contributed by atoms with Gasteiger partial charge in [-0.05, 0) is 30.9 Å². The fourth-order valence-electron chi connectivity index (χ4n) is 2.11. The Morgan fingerprint density at radius 1 is 1.45 bits per heavy atom. The molecule has 20 heavy (non-hydrogen) atoms. The fraction of sp³-hybridized carbons (Fsp3) is 0.500. The van der Waals surface area contributed by atoms with Crippen LogP contribution in [0.15, 0.2) is 12.1 Å². The smallest absolute Gasteiger partial charge is 0.296 e. The molecule has 1 aliphatic rings. The van der Waals surface area contributed by atoms with Crippen LogP contribution in [0, 0.1) is 5.92 Å². The third-order valence-corrected chi connectivity index (χ3v) is 5.28. The van der Waals surface area contributed by atoms with Crippen LogP contribution in [0.25, 0.3) is 10.2 Å². The zero-order valence-corrected chi connectivity index (χ0v) is 12.5. The molecule has 0 N–H and O–H groups in total. The highest BCUT2D eigenvalue weighted by atomic mass is 35.5. The summed E-state index contributed by atoms with van der Waals surface area (Å²) in [4.78, 5) is 3.94. The van der Waals surface area contributed by atoms with E-state index in [1.807, 2.05) is 0 Å². The molecule has 0 saturated heterocycles. The normalized spacial score (nSPS) is 16.4. The van der Waals surface area contributed by atoms with Gasteiger partial charge in [-0.25, -0.2) is 4.98 Å². The van der Waals surface area contributed by atoms with Gasteiger partial charge >= 0.3 is 0 Å². The fourth-order valence-corrected chi connectivity index (χ4v) is 3.36. The third-order valence-electron chi connectivity index (χ3n) is 3.54. The van der Waals surface area contributed by atoms with Crippen LogP contribution < -0.4 is 4.74 Å². The van der Waals surface area contributed by atoms with E-state index in [9.17, 15) is 8.78 Å². The summed E-state index contributed by atoms with van der Waals surface area (Å²) >= 11 is 7.18. The Bertz CT molecular complexity index is 634. The first-order valence-corrected chi connectivity index (χ1v) is 7.75. The molecule has 1 saturated carbocycles. The second-order valence-corrected chi connectivity index (χ2v) is 6.62. The molecule has 0 spiro atoms. The van der Waals surface area contributed by atoms with Crippen LogP contribution in [0.4, 0.5) is 8.78 Å². The molecule has 2 nitrogen and oxygen atoms in total. The zero-order chi connectivity index (χ0) is 14.3. The van der Waals surface area contributed by atoms with Gasteiger partial charge in [0.2, 0.25) is 0 Å². The van der Waals surface area contributed by atoms with Crippen LogP contribution >= 0.6 is 22.9 Å². The van der Waals surface area contributed by atoms with Crippen molar-refractivity contribution in [3.05, 3.63) is 22.2 Å². The Balaban J connectivity index is 1.88. The van der Waals surface area contributed by atoms with E-state index in [0.717, 1.165) is 18.3 Å². The largest absolute Gasteiger partial charge is 0.492 e. The molecule has 3 rings (SSSR count). The first-order valence-electron chi connectivity index (χ1n) is 6.55. The number of benzene rings is 1. The van der Waals surface area contributed by atoms with Crippen LogP contribution in [0.5, 0.6) is 5.75 Å². The predicted octanol–water partition coefficient (Wildman–Crippen LogP) is 5.24. The van der Waals surface area contributed by atoms with Crippen LogP contribution in [0.1, 0.15) is 31.2 Å². The average molecular weight is 318 g/mol. The highest BCUT2D eigenvalue weighted by molar-refractivity contribution is 7.19. The lowest BCUT2D eigenvalue weighted by Gasteiger charge is -2.25. The topological polar surface area (TPSA) is 22.1 Å². The summed E-state index contributed by atoms with van der Waals surface area (Å²) < 4.78 is 32.9. The van der Waals surface area contributed by atoms with Gasteiger partial charge in [-0.2, -0.15) is 8.78 Å². The van der Waals surface area contributed by atoms with Gasteiger partial charge in [0.15, 0.2) is 5.01 Å². The van der Waals surface area contributed by atoms with Crippen molar-refractivity contribution in [3.8, 4) is 5.75 Å². The maximum Gasteiger partial charge on any atom is 0.296 e. The number of rotatable bonds is 4. The molecule has 0 radical (unpaired) electrons. The van der Waals surface area contributed by atoms with Crippen LogP contribution in [0.2, 0.25) is 5.02 Å². The molecule has 108 valence electrons. The summed E-state index contributed by atoms with van der Waals surface area (Å²) in [5.41, 5.74) is 0.493. The summed E-state index contributed by atoms with van der Waals surface area (Å²) in [6, 6.07) is 3.39. The van der Waals surface area contributed by atoms with Gasteiger partial charge in [0.1, 0.15) is 10.8 Å². The summed E-state index contributed by atoms with van der Waals surface area (Å²) in [6.07, 6.45) is 3.63. The van der Waals surface area contributed by atoms with Crippen LogP contribution in [0.3, 0.4) is 0 Å². The molecule has 6 heteroatoms. The summed E-state index contributed by atoms with van der Waals surface area (Å²) in [5, 5.41) is 0.167. The third kappa shape index (κ3) is 2.61. The number of alkyl halides is 2. The second kappa shape index (κ2) is 5.11. The second-order valence-electron chi connectivity index (χ2n) is 5.24. The molecule has 0 bridgehead atoms. The van der Waals surface area contributed by atoms with E-state index < -0.39 is 5.92 Å². The van der Waals surface area contributed by atoms with E-state index >= 15 is 0 Å². The molecule has 1 aromatic carbocycles. The molecule has 0 aliphatic heterocycles. The van der Waals surface area contributed by atoms with Crippen molar-refractivity contribution < 1.29 is 13.5 Å². The quantitative estimate of drug-likeness (QED) is 0.769. The molecular weight excluding hydrogens is 304 g/mol. The van der Waals surface area contributed by atoms with Crippen molar-refractivity contribution in [2.45, 2.75) is 32.1 Å². The van der Waals surface area contributed by atoms with E-state index in [1.54, 1.807) is 12.1 Å². The number of aromatic nitrogens is 1. The minimum absolute atomic E-state index is 0.217. The predicted molar refractivity (Wildman–Crippen MR) is 77.0 cm³/mol. The van der Waals surface area contributed by atoms with E-state index in [-0.39, 0.29) is 5.01 Å². The Hall–Kier alpha value is -0.940. The zero-order valence-electron chi connectivity index (χ0n) is 11.0. The molecule has 1 aromatic heterocycles. The minimum atomic E-state index is -2.94. The molecule has 1 aliphatic carbocycles. The van der Waals surface area contributed by atoms with Gasteiger partial charge < -0.3 is 4.74 Å². The van der Waals surface area contributed by atoms with E-state index in [2.05, 4.69) is 4.98 Å². The first-order chi connectivity index (χ1) is 9.45. The first kappa shape index (κ1) is 14.0. The van der Waals surface area contributed by atoms with Crippen molar-refractivity contribution in [2.75, 3.05) is 6.61 Å². The average Bonchev–Trinajstić information content (AvgIpc) is 2.74. The van der Waals surface area contributed by atoms with Gasteiger partial charge in [-0.1, -0.05) is 18.0 Å². The highest BCUT2D eigenvalue weighted by Gasteiger charge is 2.29. The van der Waals surface area contributed by atoms with E-state index in [1.165, 1.54) is 19.3 Å². The molecular formula is C14H14ClF2NOS. The maximum atomic E-state index is 13.3. The highest BCUT2D eigenvalue weighted by Crippen LogP contribution is 2.41.